The van der Waals surface area contributed by atoms with Crippen LogP contribution < -0.4 is 0 Å². The third-order valence-corrected chi connectivity index (χ3v) is 4.19. The number of hydrogen-bond donors (Lipinski definition) is 1. The minimum atomic E-state index is -0.873. The second kappa shape index (κ2) is 4.43. The number of amides is 1. The monoisotopic (exact) mass is 229 g/mol. The van der Waals surface area contributed by atoms with E-state index in [0.717, 1.165) is 12.8 Å². The third-order valence-electron chi connectivity index (χ3n) is 3.18. The molecule has 4 nitrogen and oxygen atoms in total. The molecule has 0 aromatic rings. The van der Waals surface area contributed by atoms with E-state index in [2.05, 4.69) is 0 Å². The van der Waals surface area contributed by atoms with Gasteiger partial charge < -0.3 is 10.0 Å². The lowest BCUT2D eigenvalue weighted by atomic mass is 9.82. The average molecular weight is 229 g/mol. The van der Waals surface area contributed by atoms with E-state index in [1.165, 1.54) is 23.1 Å². The zero-order valence-corrected chi connectivity index (χ0v) is 9.33. The first-order valence-corrected chi connectivity index (χ1v) is 6.44. The van der Waals surface area contributed by atoms with Crippen molar-refractivity contribution in [3.8, 4) is 0 Å². The van der Waals surface area contributed by atoms with Crippen molar-refractivity contribution in [2.24, 2.45) is 5.92 Å². The highest BCUT2D eigenvalue weighted by molar-refractivity contribution is 7.99. The topological polar surface area (TPSA) is 57.6 Å². The number of carbonyl (C=O) groups is 2. The number of carboxylic acids is 1. The normalized spacial score (nSPS) is 26.4. The molecule has 1 aliphatic carbocycles. The van der Waals surface area contributed by atoms with Gasteiger partial charge in [-0.25, -0.2) is 4.79 Å². The van der Waals surface area contributed by atoms with Gasteiger partial charge in [0.25, 0.3) is 0 Å². The van der Waals surface area contributed by atoms with Crippen LogP contribution in [0, 0.1) is 5.92 Å². The van der Waals surface area contributed by atoms with Gasteiger partial charge in [-0.1, -0.05) is 6.42 Å². The number of rotatable bonds is 3. The Morgan fingerprint density at radius 2 is 2.13 bits per heavy atom. The molecule has 84 valence electrons. The third kappa shape index (κ3) is 2.27. The van der Waals surface area contributed by atoms with Crippen molar-refractivity contribution in [2.45, 2.75) is 31.7 Å². The molecule has 15 heavy (non-hydrogen) atoms. The molecule has 2 fully saturated rings. The Hall–Kier alpha value is -0.710. The average Bonchev–Trinajstić information content (AvgIpc) is 2.59. The van der Waals surface area contributed by atoms with Crippen LogP contribution in [0.5, 0.6) is 0 Å². The van der Waals surface area contributed by atoms with E-state index >= 15 is 0 Å². The van der Waals surface area contributed by atoms with Gasteiger partial charge in [0.2, 0.25) is 5.91 Å². The zero-order chi connectivity index (χ0) is 10.8. The molecule has 1 heterocycles. The summed E-state index contributed by atoms with van der Waals surface area (Å²) in [7, 11) is 0. The Balaban J connectivity index is 1.90. The fourth-order valence-corrected chi connectivity index (χ4v) is 3.13. The van der Waals surface area contributed by atoms with Crippen LogP contribution in [-0.2, 0) is 9.59 Å². The Kier molecular flexibility index (Phi) is 3.19. The van der Waals surface area contributed by atoms with Crippen molar-refractivity contribution in [3.05, 3.63) is 0 Å². The van der Waals surface area contributed by atoms with Crippen molar-refractivity contribution in [3.63, 3.8) is 0 Å². The van der Waals surface area contributed by atoms with E-state index in [1.54, 1.807) is 0 Å². The highest BCUT2D eigenvalue weighted by Gasteiger charge is 2.35. The standard InChI is InChI=1S/C10H15NO3S/c12-9(4-7-2-1-3-7)11-6-15-5-8(11)10(13)14/h7-8H,1-6H2,(H,13,14). The predicted molar refractivity (Wildman–Crippen MR) is 57.6 cm³/mol. The van der Waals surface area contributed by atoms with Gasteiger partial charge in [0, 0.05) is 12.2 Å². The molecule has 1 amide bonds. The maximum Gasteiger partial charge on any atom is 0.327 e. The van der Waals surface area contributed by atoms with Gasteiger partial charge in [-0.2, -0.15) is 0 Å². The first kappa shape index (κ1) is 10.8. The molecule has 0 spiro atoms. The molecule has 0 radical (unpaired) electrons. The largest absolute Gasteiger partial charge is 0.480 e. The smallest absolute Gasteiger partial charge is 0.327 e. The van der Waals surface area contributed by atoms with Gasteiger partial charge in [-0.15, -0.1) is 11.8 Å². The van der Waals surface area contributed by atoms with Gasteiger partial charge in [0.15, 0.2) is 0 Å². The SMILES string of the molecule is O=C(O)C1CSCN1C(=O)CC1CCC1. The van der Waals surface area contributed by atoms with E-state index in [1.807, 2.05) is 0 Å². The van der Waals surface area contributed by atoms with E-state index < -0.39 is 12.0 Å². The molecule has 0 bridgehead atoms. The molecule has 1 unspecified atom stereocenters. The van der Waals surface area contributed by atoms with Crippen LogP contribution in [0.25, 0.3) is 0 Å². The molecule has 1 saturated carbocycles. The molecule has 1 aliphatic heterocycles. The van der Waals surface area contributed by atoms with Gasteiger partial charge in [0.05, 0.1) is 5.88 Å². The quantitative estimate of drug-likeness (QED) is 0.789. The van der Waals surface area contributed by atoms with Crippen molar-refractivity contribution >= 4 is 23.6 Å². The summed E-state index contributed by atoms with van der Waals surface area (Å²) >= 11 is 1.52. The second-order valence-electron chi connectivity index (χ2n) is 4.22. The molecule has 0 aromatic carbocycles. The highest BCUT2D eigenvalue weighted by atomic mass is 32.2. The molecule has 2 rings (SSSR count). The molecular formula is C10H15NO3S. The van der Waals surface area contributed by atoms with E-state index in [-0.39, 0.29) is 5.91 Å². The van der Waals surface area contributed by atoms with Crippen LogP contribution in [0.15, 0.2) is 0 Å². The summed E-state index contributed by atoms with van der Waals surface area (Å²) in [6.07, 6.45) is 4.02. The summed E-state index contributed by atoms with van der Waals surface area (Å²) < 4.78 is 0. The first-order valence-electron chi connectivity index (χ1n) is 5.28. The molecule has 1 saturated heterocycles. The maximum atomic E-state index is 11.8. The van der Waals surface area contributed by atoms with Crippen LogP contribution >= 0.6 is 11.8 Å². The fourth-order valence-electron chi connectivity index (χ4n) is 1.95. The van der Waals surface area contributed by atoms with Crippen molar-refractivity contribution in [1.29, 1.82) is 0 Å². The van der Waals surface area contributed by atoms with Crippen molar-refractivity contribution < 1.29 is 14.7 Å². The molecule has 1 atom stereocenters. The number of nitrogens with zero attached hydrogens (tertiary/aromatic N) is 1. The summed E-state index contributed by atoms with van der Waals surface area (Å²) in [6, 6.07) is -0.595. The molecule has 5 heteroatoms. The summed E-state index contributed by atoms with van der Waals surface area (Å²) in [6.45, 7) is 0. The van der Waals surface area contributed by atoms with Gasteiger partial charge in [0.1, 0.15) is 6.04 Å². The van der Waals surface area contributed by atoms with E-state index in [9.17, 15) is 9.59 Å². The van der Waals surface area contributed by atoms with Gasteiger partial charge >= 0.3 is 5.97 Å². The summed E-state index contributed by atoms with van der Waals surface area (Å²) in [5, 5.41) is 8.93. The Morgan fingerprint density at radius 3 is 2.67 bits per heavy atom. The summed E-state index contributed by atoms with van der Waals surface area (Å²) in [4.78, 5) is 24.2. The number of hydrogen-bond acceptors (Lipinski definition) is 3. The first-order chi connectivity index (χ1) is 7.18. The van der Waals surface area contributed by atoms with Crippen LogP contribution in [0.1, 0.15) is 25.7 Å². The lowest BCUT2D eigenvalue weighted by Gasteiger charge is -2.28. The molecule has 0 aromatic heterocycles. The lowest BCUT2D eigenvalue weighted by molar-refractivity contribution is -0.148. The fraction of sp³-hybridized carbons (Fsp3) is 0.800. The second-order valence-corrected chi connectivity index (χ2v) is 5.22. The van der Waals surface area contributed by atoms with Crippen LogP contribution in [-0.4, -0.2) is 39.6 Å². The minimum Gasteiger partial charge on any atom is -0.480 e. The van der Waals surface area contributed by atoms with Gasteiger partial charge in [-0.3, -0.25) is 4.79 Å². The van der Waals surface area contributed by atoms with Gasteiger partial charge in [-0.05, 0) is 18.8 Å². The molecule has 1 N–H and O–H groups in total. The zero-order valence-electron chi connectivity index (χ0n) is 8.52. The van der Waals surface area contributed by atoms with Crippen LogP contribution in [0.2, 0.25) is 0 Å². The Labute approximate surface area is 93.0 Å². The maximum absolute atomic E-state index is 11.8. The number of carboxylic acid groups (broad SMARTS) is 1. The van der Waals surface area contributed by atoms with Crippen LogP contribution in [0.3, 0.4) is 0 Å². The van der Waals surface area contributed by atoms with E-state index in [0.29, 0.717) is 24.0 Å². The number of thioether (sulfide) groups is 1. The summed E-state index contributed by atoms with van der Waals surface area (Å²) in [5.74, 6) is 0.741. The lowest BCUT2D eigenvalue weighted by Crippen LogP contribution is -2.42. The Bertz CT molecular complexity index is 278. The Morgan fingerprint density at radius 1 is 1.40 bits per heavy atom. The number of aliphatic carboxylic acids is 1. The van der Waals surface area contributed by atoms with E-state index in [4.69, 9.17) is 5.11 Å². The minimum absolute atomic E-state index is 0.0251. The molecule has 2 aliphatic rings. The summed E-state index contributed by atoms with van der Waals surface area (Å²) in [5.41, 5.74) is 0. The van der Waals surface area contributed by atoms with Crippen molar-refractivity contribution in [2.75, 3.05) is 11.6 Å². The van der Waals surface area contributed by atoms with Crippen molar-refractivity contribution in [1.82, 2.24) is 4.90 Å². The number of carbonyl (C=O) groups excluding carboxylic acids is 1. The predicted octanol–water partition coefficient (Wildman–Crippen LogP) is 1.16. The highest BCUT2D eigenvalue weighted by Crippen LogP contribution is 2.31. The van der Waals surface area contributed by atoms with Crippen LogP contribution in [0.4, 0.5) is 0 Å². The molecular weight excluding hydrogens is 214 g/mol.